The Morgan fingerprint density at radius 1 is 0.366 bits per heavy atom. The van der Waals surface area contributed by atoms with Gasteiger partial charge in [0.1, 0.15) is 0 Å². The highest BCUT2D eigenvalue weighted by molar-refractivity contribution is 7.27. The third kappa shape index (κ3) is 3.40. The Hall–Kier alpha value is -4.70. The van der Waals surface area contributed by atoms with Crippen molar-refractivity contribution < 1.29 is 0 Å². The highest BCUT2D eigenvalue weighted by Crippen LogP contribution is 2.49. The smallest absolute Gasteiger partial charge is 0.0640 e. The van der Waals surface area contributed by atoms with Gasteiger partial charge in [-0.15, -0.1) is 22.7 Å². The first kappa shape index (κ1) is 23.0. The Balaban J connectivity index is 1.39. The number of para-hydroxylation sites is 1. The van der Waals surface area contributed by atoms with E-state index in [-0.39, 0.29) is 0 Å². The van der Waals surface area contributed by atoms with Gasteiger partial charge in [-0.3, -0.25) is 0 Å². The standard InChI is InChI=1S/C38H23NS2/c1-2-11-24(12-3-1)39(25-21-22-35-32(23-25)28-15-8-9-20-34(28)40-35)33-19-10-18-31-36-29-16-6-4-13-26(29)27-14-5-7-17-30(27)38(36)41-37(31)33/h1-23H. The Morgan fingerprint density at radius 2 is 1.00 bits per heavy atom. The van der Waals surface area contributed by atoms with Crippen molar-refractivity contribution in [1.29, 1.82) is 0 Å². The van der Waals surface area contributed by atoms with Crippen LogP contribution < -0.4 is 4.90 Å². The van der Waals surface area contributed by atoms with Crippen LogP contribution in [0.25, 0.3) is 61.9 Å². The molecule has 0 unspecified atom stereocenters. The largest absolute Gasteiger partial charge is 0.309 e. The molecule has 0 aliphatic carbocycles. The molecule has 0 amide bonds. The van der Waals surface area contributed by atoms with Crippen molar-refractivity contribution in [3.63, 3.8) is 0 Å². The average Bonchev–Trinajstić information content (AvgIpc) is 3.61. The first-order valence-electron chi connectivity index (χ1n) is 13.9. The lowest BCUT2D eigenvalue weighted by Crippen LogP contribution is -2.09. The van der Waals surface area contributed by atoms with Gasteiger partial charge in [0.05, 0.1) is 10.4 Å². The molecule has 7 aromatic carbocycles. The second kappa shape index (κ2) is 8.90. The van der Waals surface area contributed by atoms with E-state index in [2.05, 4.69) is 144 Å². The quantitative estimate of drug-likeness (QED) is 0.195. The molecule has 0 aliphatic rings. The van der Waals surface area contributed by atoms with Crippen LogP contribution in [-0.2, 0) is 0 Å². The van der Waals surface area contributed by atoms with E-state index in [0.29, 0.717) is 0 Å². The van der Waals surface area contributed by atoms with Crippen LogP contribution in [0.5, 0.6) is 0 Å². The van der Waals surface area contributed by atoms with Crippen LogP contribution in [0.15, 0.2) is 140 Å². The zero-order valence-corrected chi connectivity index (χ0v) is 23.7. The summed E-state index contributed by atoms with van der Waals surface area (Å²) in [6.45, 7) is 0. The fourth-order valence-electron chi connectivity index (χ4n) is 6.45. The summed E-state index contributed by atoms with van der Waals surface area (Å²) in [4.78, 5) is 2.44. The van der Waals surface area contributed by atoms with Gasteiger partial charge in [-0.05, 0) is 58.6 Å². The first-order chi connectivity index (χ1) is 20.3. The van der Waals surface area contributed by atoms with E-state index < -0.39 is 0 Å². The van der Waals surface area contributed by atoms with Gasteiger partial charge in [-0.1, -0.05) is 97.1 Å². The van der Waals surface area contributed by atoms with E-state index in [1.807, 2.05) is 22.7 Å². The van der Waals surface area contributed by atoms with Crippen LogP contribution in [-0.4, -0.2) is 0 Å². The normalized spacial score (nSPS) is 11.9. The summed E-state index contributed by atoms with van der Waals surface area (Å²) in [7, 11) is 0. The molecule has 192 valence electrons. The summed E-state index contributed by atoms with van der Waals surface area (Å²) in [5.74, 6) is 0. The molecule has 0 fully saturated rings. The molecule has 0 radical (unpaired) electrons. The number of hydrogen-bond acceptors (Lipinski definition) is 3. The minimum atomic E-state index is 1.16. The molecule has 0 atom stereocenters. The van der Waals surface area contributed by atoms with Gasteiger partial charge in [0.25, 0.3) is 0 Å². The topological polar surface area (TPSA) is 3.24 Å². The van der Waals surface area contributed by atoms with Crippen LogP contribution in [0.3, 0.4) is 0 Å². The number of rotatable bonds is 3. The summed E-state index contributed by atoms with van der Waals surface area (Å²) in [6.07, 6.45) is 0. The molecule has 3 heteroatoms. The summed E-state index contributed by atoms with van der Waals surface area (Å²) >= 11 is 3.78. The van der Waals surface area contributed by atoms with E-state index in [9.17, 15) is 0 Å². The van der Waals surface area contributed by atoms with E-state index >= 15 is 0 Å². The summed E-state index contributed by atoms with van der Waals surface area (Å²) in [5.41, 5.74) is 3.54. The van der Waals surface area contributed by atoms with Gasteiger partial charge in [0, 0.05) is 52.4 Å². The third-order valence-corrected chi connectivity index (χ3v) is 10.6. The van der Waals surface area contributed by atoms with E-state index in [1.54, 1.807) is 0 Å². The van der Waals surface area contributed by atoms with Gasteiger partial charge in [0.15, 0.2) is 0 Å². The molecule has 0 bridgehead atoms. The monoisotopic (exact) mass is 557 g/mol. The Morgan fingerprint density at radius 3 is 1.83 bits per heavy atom. The molecule has 0 N–H and O–H groups in total. The zero-order valence-electron chi connectivity index (χ0n) is 22.0. The lowest BCUT2D eigenvalue weighted by atomic mass is 9.97. The van der Waals surface area contributed by atoms with Gasteiger partial charge in [0.2, 0.25) is 0 Å². The van der Waals surface area contributed by atoms with Crippen molar-refractivity contribution in [2.75, 3.05) is 4.90 Å². The third-order valence-electron chi connectivity index (χ3n) is 8.23. The van der Waals surface area contributed by atoms with Gasteiger partial charge in [-0.25, -0.2) is 0 Å². The Labute approximate surface area is 245 Å². The molecule has 9 rings (SSSR count). The molecule has 0 saturated carbocycles. The fraction of sp³-hybridized carbons (Fsp3) is 0. The van der Waals surface area contributed by atoms with Crippen molar-refractivity contribution >= 4 is 102 Å². The summed E-state index contributed by atoms with van der Waals surface area (Å²) < 4.78 is 5.31. The maximum atomic E-state index is 2.44. The number of thiophene rings is 2. The molecule has 1 nitrogen and oxygen atoms in total. The van der Waals surface area contributed by atoms with Crippen LogP contribution in [0.2, 0.25) is 0 Å². The number of anilines is 3. The zero-order chi connectivity index (χ0) is 26.9. The second-order valence-electron chi connectivity index (χ2n) is 10.5. The predicted octanol–water partition coefficient (Wildman–Crippen LogP) is 12.2. The average molecular weight is 558 g/mol. The van der Waals surface area contributed by atoms with Gasteiger partial charge < -0.3 is 4.90 Å². The molecular weight excluding hydrogens is 535 g/mol. The van der Waals surface area contributed by atoms with Crippen molar-refractivity contribution in [3.8, 4) is 0 Å². The number of benzene rings is 7. The highest BCUT2D eigenvalue weighted by Gasteiger charge is 2.21. The van der Waals surface area contributed by atoms with E-state index in [1.165, 1.54) is 73.3 Å². The summed E-state index contributed by atoms with van der Waals surface area (Å²) in [5, 5.41) is 10.6. The predicted molar refractivity (Wildman–Crippen MR) is 182 cm³/mol. The van der Waals surface area contributed by atoms with E-state index in [4.69, 9.17) is 0 Å². The van der Waals surface area contributed by atoms with Crippen molar-refractivity contribution in [2.45, 2.75) is 0 Å². The molecular formula is C38H23NS2. The van der Waals surface area contributed by atoms with Crippen molar-refractivity contribution in [2.24, 2.45) is 0 Å². The SMILES string of the molecule is c1ccc(N(c2ccc3sc4ccccc4c3c2)c2cccc3c2sc2c4ccccc4c4ccccc4c32)cc1. The van der Waals surface area contributed by atoms with Crippen LogP contribution in [0.4, 0.5) is 17.1 Å². The summed E-state index contributed by atoms with van der Waals surface area (Å²) in [6, 6.07) is 51.0. The highest BCUT2D eigenvalue weighted by atomic mass is 32.1. The lowest BCUT2D eigenvalue weighted by molar-refractivity contribution is 1.31. The lowest BCUT2D eigenvalue weighted by Gasteiger charge is -2.26. The molecule has 2 aromatic heterocycles. The maximum Gasteiger partial charge on any atom is 0.0640 e. The Kier molecular flexibility index (Phi) is 5.00. The second-order valence-corrected chi connectivity index (χ2v) is 12.6. The minimum Gasteiger partial charge on any atom is -0.309 e. The molecule has 0 aliphatic heterocycles. The van der Waals surface area contributed by atoms with Crippen molar-refractivity contribution in [1.82, 2.24) is 0 Å². The van der Waals surface area contributed by atoms with Crippen molar-refractivity contribution in [3.05, 3.63) is 140 Å². The number of nitrogens with zero attached hydrogens (tertiary/aromatic N) is 1. The van der Waals surface area contributed by atoms with Crippen LogP contribution in [0, 0.1) is 0 Å². The number of fused-ring (bicyclic) bond motifs is 11. The molecule has 9 aromatic rings. The Bertz CT molecular complexity index is 2430. The van der Waals surface area contributed by atoms with Gasteiger partial charge >= 0.3 is 0 Å². The number of hydrogen-bond donors (Lipinski definition) is 0. The van der Waals surface area contributed by atoms with Gasteiger partial charge in [-0.2, -0.15) is 0 Å². The maximum absolute atomic E-state index is 2.44. The minimum absolute atomic E-state index is 1.16. The van der Waals surface area contributed by atoms with Crippen LogP contribution >= 0.6 is 22.7 Å². The first-order valence-corrected chi connectivity index (χ1v) is 15.5. The fourth-order valence-corrected chi connectivity index (χ4v) is 8.89. The molecule has 0 saturated heterocycles. The van der Waals surface area contributed by atoms with Crippen LogP contribution in [0.1, 0.15) is 0 Å². The molecule has 2 heterocycles. The van der Waals surface area contributed by atoms with E-state index in [0.717, 1.165) is 5.69 Å². The molecule has 41 heavy (non-hydrogen) atoms. The molecule has 0 spiro atoms.